The number of nitrogens with one attached hydrogen (secondary N) is 4. The molecule has 47 heavy (non-hydrogen) atoms. The fourth-order valence-electron chi connectivity index (χ4n) is 3.22. The van der Waals surface area contributed by atoms with Gasteiger partial charge in [-0.15, -0.1) is 11.3 Å². The smallest absolute Gasteiger partial charge is 0.373 e. The maximum absolute atomic E-state index is 12.5. The van der Waals surface area contributed by atoms with Crippen LogP contribution in [0.3, 0.4) is 0 Å². The zero-order valence-electron chi connectivity index (χ0n) is 27.4. The number of pyridine rings is 1. The number of hydrogen-bond donors (Lipinski definition) is 4. The molecule has 16 heteroatoms. The van der Waals surface area contributed by atoms with E-state index in [1.54, 1.807) is 19.2 Å². The first-order valence-corrected chi connectivity index (χ1v) is 15.9. The molecule has 1 amide bonds. The van der Waals surface area contributed by atoms with Gasteiger partial charge < -0.3 is 21.3 Å². The van der Waals surface area contributed by atoms with E-state index in [9.17, 15) is 22.8 Å². The molecule has 0 aliphatic carbocycles. The normalized spacial score (nSPS) is 12.2. The fraction of sp³-hybridized carbons (Fsp3) is 0.387. The Labute approximate surface area is 282 Å². The predicted octanol–water partition coefficient (Wildman–Crippen LogP) is 7.35. The Kier molecular flexibility index (Phi) is 18.5. The van der Waals surface area contributed by atoms with Crippen LogP contribution in [0.5, 0.6) is 0 Å². The van der Waals surface area contributed by atoms with Gasteiger partial charge in [-0.3, -0.25) is 9.59 Å². The first kappa shape index (κ1) is 40.7. The number of hydrogen-bond acceptors (Lipinski definition) is 11. The zero-order valence-corrected chi connectivity index (χ0v) is 28.9. The molecular weight excluding hydrogens is 655 g/mol. The highest BCUT2D eigenvalue weighted by atomic mass is 35.5. The van der Waals surface area contributed by atoms with Crippen molar-refractivity contribution < 1.29 is 22.8 Å². The minimum Gasteiger partial charge on any atom is -0.373 e. The molecule has 3 rings (SSSR count). The van der Waals surface area contributed by atoms with E-state index in [1.165, 1.54) is 36.5 Å². The number of nitrogens with zero attached hydrogens (tertiary/aromatic N) is 5. The molecule has 0 saturated carbocycles. The molecule has 1 atom stereocenters. The van der Waals surface area contributed by atoms with E-state index in [4.69, 9.17) is 11.6 Å². The molecule has 0 aliphatic heterocycles. The van der Waals surface area contributed by atoms with Crippen LogP contribution in [0.25, 0.3) is 0 Å². The number of carbonyl (C=O) groups is 2. The molecule has 0 aliphatic rings. The van der Waals surface area contributed by atoms with Gasteiger partial charge in [0.1, 0.15) is 34.5 Å². The summed E-state index contributed by atoms with van der Waals surface area (Å²) in [6.07, 6.45) is 6.78. The molecule has 0 saturated heterocycles. The summed E-state index contributed by atoms with van der Waals surface area (Å²) in [5, 5.41) is 12.0. The van der Waals surface area contributed by atoms with E-state index in [-0.39, 0.29) is 23.5 Å². The molecule has 1 unspecified atom stereocenters. The molecule has 3 heterocycles. The Bertz CT molecular complexity index is 1510. The van der Waals surface area contributed by atoms with Gasteiger partial charge in [0.15, 0.2) is 6.29 Å². The number of amides is 1. The number of allylic oxidation sites excluding steroid dienone is 3. The van der Waals surface area contributed by atoms with Gasteiger partial charge in [0.05, 0.1) is 21.5 Å². The van der Waals surface area contributed by atoms with Gasteiger partial charge in [-0.25, -0.2) is 24.9 Å². The number of anilines is 2. The average Bonchev–Trinajstić information content (AvgIpc) is 3.56. The number of thiazole rings is 1. The van der Waals surface area contributed by atoms with Crippen LogP contribution in [0, 0.1) is 0 Å². The summed E-state index contributed by atoms with van der Waals surface area (Å²) in [5.41, 5.74) is 0.626. The summed E-state index contributed by atoms with van der Waals surface area (Å²) < 4.78 is 36.7. The summed E-state index contributed by atoms with van der Waals surface area (Å²) in [7, 11) is 1.48. The maximum atomic E-state index is 12.5. The predicted molar refractivity (Wildman–Crippen MR) is 183 cm³/mol. The molecule has 0 spiro atoms. The van der Waals surface area contributed by atoms with E-state index in [2.05, 4.69) is 60.0 Å². The van der Waals surface area contributed by atoms with Crippen LogP contribution >= 0.6 is 22.9 Å². The van der Waals surface area contributed by atoms with Crippen LogP contribution in [0.2, 0.25) is 5.02 Å². The lowest BCUT2D eigenvalue weighted by atomic mass is 10.2. The molecule has 3 aromatic rings. The molecule has 3 aromatic heterocycles. The third kappa shape index (κ3) is 14.7. The number of aromatic nitrogens is 4. The topological polar surface area (TPSA) is 146 Å². The highest BCUT2D eigenvalue weighted by Crippen LogP contribution is 2.35. The lowest BCUT2D eigenvalue weighted by Gasteiger charge is -2.12. The molecule has 11 nitrogen and oxygen atoms in total. The third-order valence-corrected chi connectivity index (χ3v) is 7.24. The second-order valence-corrected chi connectivity index (χ2v) is 10.7. The van der Waals surface area contributed by atoms with Crippen LogP contribution in [0.15, 0.2) is 59.4 Å². The monoisotopic (exact) mass is 695 g/mol. The minimum absolute atomic E-state index is 0.136. The maximum Gasteiger partial charge on any atom is 0.418 e. The third-order valence-electron chi connectivity index (χ3n) is 5.83. The highest BCUT2D eigenvalue weighted by Gasteiger charge is 2.33. The van der Waals surface area contributed by atoms with E-state index in [1.807, 2.05) is 32.9 Å². The summed E-state index contributed by atoms with van der Waals surface area (Å²) in [6, 6.07) is 2.11. The van der Waals surface area contributed by atoms with Crippen molar-refractivity contribution in [3.8, 4) is 0 Å². The van der Waals surface area contributed by atoms with E-state index in [0.717, 1.165) is 30.8 Å². The van der Waals surface area contributed by atoms with Gasteiger partial charge in [-0.2, -0.15) is 13.2 Å². The van der Waals surface area contributed by atoms with Gasteiger partial charge >= 0.3 is 6.18 Å². The van der Waals surface area contributed by atoms with Crippen LogP contribution in [0.4, 0.5) is 24.8 Å². The van der Waals surface area contributed by atoms with Crippen molar-refractivity contribution >= 4 is 53.0 Å². The van der Waals surface area contributed by atoms with Gasteiger partial charge in [0.25, 0.3) is 5.91 Å². The van der Waals surface area contributed by atoms with Crippen molar-refractivity contribution in [2.45, 2.75) is 60.2 Å². The Morgan fingerprint density at radius 2 is 1.83 bits per heavy atom. The van der Waals surface area contributed by atoms with Gasteiger partial charge in [-0.1, -0.05) is 37.9 Å². The molecular formula is C31H41ClF3N9O2S. The lowest BCUT2D eigenvalue weighted by molar-refractivity contribution is -0.137. The average molecular weight is 696 g/mol. The van der Waals surface area contributed by atoms with Crippen molar-refractivity contribution in [3.05, 3.63) is 80.6 Å². The van der Waals surface area contributed by atoms with Crippen molar-refractivity contribution in [3.63, 3.8) is 0 Å². The number of carbonyl (C=O) groups excluding carboxylic acids is 2. The summed E-state index contributed by atoms with van der Waals surface area (Å²) in [5.74, 6) is 1.12. The minimum atomic E-state index is -4.44. The van der Waals surface area contributed by atoms with E-state index < -0.39 is 16.8 Å². The van der Waals surface area contributed by atoms with Gasteiger partial charge in [-0.05, 0) is 45.4 Å². The van der Waals surface area contributed by atoms with E-state index in [0.29, 0.717) is 28.8 Å². The quantitative estimate of drug-likeness (QED) is 0.0819. The standard InChI is InChI=1S/C22H29N7O2S.C7H6ClF3N2.C2H6/c1-5-15(3)7-8-23-19(6-2)24-9-10-25-20-11-18(27-14-28-20)21(31)29-16(4)22-26-12-17(13-30)32-22;1-12-6-2-4(7(9,10)11)5(8)3-13-6;1-2/h6-8,11-14,16,24H,5,9-10H2,1-4H3,(H,29,31)(H,25,27,28);2-3H,1H3,(H,12,13);1-2H3/b15-7+,19-6+,23-8-;;. The number of rotatable bonds is 13. The van der Waals surface area contributed by atoms with E-state index >= 15 is 0 Å². The largest absolute Gasteiger partial charge is 0.418 e. The van der Waals surface area contributed by atoms with Crippen molar-refractivity contribution in [1.29, 1.82) is 0 Å². The van der Waals surface area contributed by atoms with Crippen LogP contribution in [-0.2, 0) is 6.18 Å². The zero-order chi connectivity index (χ0) is 35.4. The number of alkyl halides is 3. The van der Waals surface area contributed by atoms with Crippen molar-refractivity contribution in [1.82, 2.24) is 30.6 Å². The lowest BCUT2D eigenvalue weighted by Crippen LogP contribution is -2.27. The Balaban J connectivity index is 0.000000612. The molecule has 0 fully saturated rings. The van der Waals surface area contributed by atoms with Crippen molar-refractivity contribution in [2.24, 2.45) is 4.99 Å². The molecule has 256 valence electrons. The molecule has 0 bridgehead atoms. The number of aldehydes is 1. The number of aliphatic imine (C=N–C) groups is 1. The molecule has 0 radical (unpaired) electrons. The molecule has 4 N–H and O–H groups in total. The van der Waals surface area contributed by atoms with Gasteiger partial charge in [0.2, 0.25) is 0 Å². The summed E-state index contributed by atoms with van der Waals surface area (Å²) >= 11 is 6.57. The summed E-state index contributed by atoms with van der Waals surface area (Å²) in [4.78, 5) is 44.2. The molecule has 0 aromatic carbocycles. The second kappa shape index (κ2) is 21.4. The van der Waals surface area contributed by atoms with Crippen molar-refractivity contribution in [2.75, 3.05) is 30.8 Å². The SMILES string of the molecule is CC.CNc1cc(C(F)(F)F)c(Cl)cn1.C\C=C(/N=C\C=C(/C)CC)NCCNc1cc(C(=O)NC(C)c2ncc(C=O)s2)ncn1. The van der Waals surface area contributed by atoms with Crippen LogP contribution in [-0.4, -0.2) is 58.5 Å². The first-order chi connectivity index (χ1) is 22.4. The van der Waals surface area contributed by atoms with Crippen LogP contribution < -0.4 is 21.3 Å². The first-order valence-electron chi connectivity index (χ1n) is 14.7. The summed E-state index contributed by atoms with van der Waals surface area (Å²) in [6.45, 7) is 13.1. The second-order valence-electron chi connectivity index (χ2n) is 9.17. The highest BCUT2D eigenvalue weighted by molar-refractivity contribution is 7.13. The number of halogens is 4. The Hall–Kier alpha value is -4.37. The van der Waals surface area contributed by atoms with Gasteiger partial charge in [0, 0.05) is 44.8 Å². The fourth-order valence-corrected chi connectivity index (χ4v) is 4.17. The van der Waals surface area contributed by atoms with Crippen LogP contribution in [0.1, 0.15) is 84.7 Å². The Morgan fingerprint density at radius 1 is 1.11 bits per heavy atom. The Morgan fingerprint density at radius 3 is 2.43 bits per heavy atom.